The Morgan fingerprint density at radius 3 is 2.23 bits per heavy atom. The first-order chi connectivity index (χ1) is 12.5. The highest BCUT2D eigenvalue weighted by Gasteiger charge is 2.46. The average Bonchev–Trinajstić information content (AvgIpc) is 3.23. The fraction of sp³-hybridized carbons (Fsp3) is 0.333. The molecule has 1 saturated carbocycles. The van der Waals surface area contributed by atoms with Crippen LogP contribution in [0.15, 0.2) is 65.3 Å². The lowest BCUT2D eigenvalue weighted by Crippen LogP contribution is -2.26. The highest BCUT2D eigenvalue weighted by Crippen LogP contribution is 2.49. The topological polar surface area (TPSA) is 52.6 Å². The number of hydrogen-bond donors (Lipinski definition) is 0. The predicted molar refractivity (Wildman–Crippen MR) is 101 cm³/mol. The number of ether oxygens (including phenoxy) is 2. The van der Waals surface area contributed by atoms with Crippen LogP contribution in [0.4, 0.5) is 0 Å². The maximum absolute atomic E-state index is 11.8. The molecule has 136 valence electrons. The molecule has 0 saturated heterocycles. The minimum absolute atomic E-state index is 0.309. The maximum Gasteiger partial charge on any atom is 0.175 e. The Labute approximate surface area is 154 Å². The quantitative estimate of drug-likeness (QED) is 0.808. The summed E-state index contributed by atoms with van der Waals surface area (Å²) in [6.07, 6.45) is 5.42. The molecule has 0 amide bonds. The lowest BCUT2D eigenvalue weighted by molar-refractivity contribution is 0.0311. The van der Waals surface area contributed by atoms with E-state index in [0.29, 0.717) is 11.5 Å². The van der Waals surface area contributed by atoms with Gasteiger partial charge in [0.05, 0.1) is 10.5 Å². The molecule has 0 aromatic heterocycles. The Balaban J connectivity index is 1.77. The van der Waals surface area contributed by atoms with E-state index >= 15 is 0 Å². The van der Waals surface area contributed by atoms with Crippen LogP contribution < -0.4 is 4.74 Å². The Morgan fingerprint density at radius 1 is 0.962 bits per heavy atom. The molecule has 0 unspecified atom stereocenters. The zero-order valence-electron chi connectivity index (χ0n) is 14.8. The van der Waals surface area contributed by atoms with Crippen molar-refractivity contribution < 1.29 is 17.9 Å². The molecular formula is C21H22O4S. The fourth-order valence-electron chi connectivity index (χ4n) is 3.95. The first-order valence-corrected chi connectivity index (χ1v) is 10.8. The van der Waals surface area contributed by atoms with Gasteiger partial charge in [-0.1, -0.05) is 43.2 Å². The third-order valence-corrected chi connectivity index (χ3v) is 6.31. The van der Waals surface area contributed by atoms with Crippen LogP contribution in [-0.2, 0) is 14.6 Å². The second-order valence-electron chi connectivity index (χ2n) is 7.00. The molecule has 4 nitrogen and oxygen atoms in total. The van der Waals surface area contributed by atoms with Crippen LogP contribution in [0, 0.1) is 0 Å². The average molecular weight is 370 g/mol. The first-order valence-electron chi connectivity index (χ1n) is 8.89. The van der Waals surface area contributed by atoms with Crippen LogP contribution in [0.2, 0.25) is 0 Å². The van der Waals surface area contributed by atoms with E-state index in [1.54, 1.807) is 12.1 Å². The van der Waals surface area contributed by atoms with Gasteiger partial charge in [0.2, 0.25) is 0 Å². The number of para-hydroxylation sites is 1. The Hall–Kier alpha value is -2.11. The second kappa shape index (κ2) is 6.56. The van der Waals surface area contributed by atoms with Crippen LogP contribution in [0.1, 0.15) is 31.2 Å². The van der Waals surface area contributed by atoms with Gasteiger partial charge in [-0.3, -0.25) is 0 Å². The van der Waals surface area contributed by atoms with E-state index in [1.165, 1.54) is 6.26 Å². The van der Waals surface area contributed by atoms with Crippen molar-refractivity contribution in [1.82, 2.24) is 0 Å². The van der Waals surface area contributed by atoms with Crippen LogP contribution in [-0.4, -0.2) is 26.9 Å². The van der Waals surface area contributed by atoms with E-state index in [2.05, 4.69) is 0 Å². The summed E-state index contributed by atoms with van der Waals surface area (Å²) in [5.41, 5.74) is 1.73. The summed E-state index contributed by atoms with van der Waals surface area (Å²) < 4.78 is 35.9. The third kappa shape index (κ3) is 3.17. The zero-order valence-corrected chi connectivity index (χ0v) is 15.6. The van der Waals surface area contributed by atoms with Crippen LogP contribution in [0.3, 0.4) is 0 Å². The van der Waals surface area contributed by atoms with E-state index in [0.717, 1.165) is 48.3 Å². The molecule has 1 aliphatic heterocycles. The highest BCUT2D eigenvalue weighted by molar-refractivity contribution is 7.90. The van der Waals surface area contributed by atoms with Gasteiger partial charge in [-0.25, -0.2) is 8.42 Å². The molecule has 1 spiro atoms. The first kappa shape index (κ1) is 17.3. The van der Waals surface area contributed by atoms with E-state index in [9.17, 15) is 8.42 Å². The molecule has 0 N–H and O–H groups in total. The van der Waals surface area contributed by atoms with Crippen molar-refractivity contribution in [3.8, 4) is 5.75 Å². The largest absolute Gasteiger partial charge is 0.459 e. The maximum atomic E-state index is 11.8. The van der Waals surface area contributed by atoms with E-state index in [1.807, 2.05) is 42.5 Å². The molecule has 0 bridgehead atoms. The smallest absolute Gasteiger partial charge is 0.175 e. The summed E-state index contributed by atoms with van der Waals surface area (Å²) in [6, 6.07) is 16.8. The standard InChI is InChI=1S/C21H22O4S/c1-26(22,23)18-11-9-16(10-12-18)20-19(25-17-7-3-2-4-8-17)15-24-21(20)13-5-6-14-21/h2-4,7-12H,5-6,13-15H2,1H3. The molecule has 2 aromatic rings. The SMILES string of the molecule is CS(=O)(=O)c1ccc(C2=C(Oc3ccccc3)COC23CCCC3)cc1. The molecule has 2 aromatic carbocycles. The highest BCUT2D eigenvalue weighted by atomic mass is 32.2. The van der Waals surface area contributed by atoms with Crippen molar-refractivity contribution in [2.45, 2.75) is 36.2 Å². The van der Waals surface area contributed by atoms with Gasteiger partial charge in [-0.15, -0.1) is 0 Å². The molecule has 1 heterocycles. The van der Waals surface area contributed by atoms with Gasteiger partial charge in [0, 0.05) is 11.8 Å². The van der Waals surface area contributed by atoms with Crippen molar-refractivity contribution in [2.24, 2.45) is 0 Å². The van der Waals surface area contributed by atoms with Crippen molar-refractivity contribution in [1.29, 1.82) is 0 Å². The van der Waals surface area contributed by atoms with E-state index in [4.69, 9.17) is 9.47 Å². The summed E-state index contributed by atoms with van der Waals surface area (Å²) >= 11 is 0. The van der Waals surface area contributed by atoms with Crippen molar-refractivity contribution in [3.05, 3.63) is 65.9 Å². The Kier molecular flexibility index (Phi) is 4.37. The second-order valence-corrected chi connectivity index (χ2v) is 9.02. The van der Waals surface area contributed by atoms with Gasteiger partial charge in [0.1, 0.15) is 18.1 Å². The molecule has 5 heteroatoms. The molecule has 4 rings (SSSR count). The fourth-order valence-corrected chi connectivity index (χ4v) is 4.58. The molecule has 0 atom stereocenters. The van der Waals surface area contributed by atoms with Gasteiger partial charge >= 0.3 is 0 Å². The molecule has 2 aliphatic rings. The summed E-state index contributed by atoms with van der Waals surface area (Å²) in [5, 5.41) is 0. The van der Waals surface area contributed by atoms with Crippen molar-refractivity contribution in [2.75, 3.05) is 12.9 Å². The molecular weight excluding hydrogens is 348 g/mol. The minimum Gasteiger partial charge on any atom is -0.459 e. The monoisotopic (exact) mass is 370 g/mol. The lowest BCUT2D eigenvalue weighted by Gasteiger charge is -2.26. The van der Waals surface area contributed by atoms with Gasteiger partial charge in [0.25, 0.3) is 0 Å². The summed E-state index contributed by atoms with van der Waals surface area (Å²) in [5.74, 6) is 1.61. The summed E-state index contributed by atoms with van der Waals surface area (Å²) in [4.78, 5) is 0.326. The van der Waals surface area contributed by atoms with Gasteiger partial charge < -0.3 is 9.47 Å². The van der Waals surface area contributed by atoms with Gasteiger partial charge in [-0.05, 0) is 42.7 Å². The zero-order chi connectivity index (χ0) is 18.2. The normalized spacial score (nSPS) is 19.3. The van der Waals surface area contributed by atoms with Crippen molar-refractivity contribution in [3.63, 3.8) is 0 Å². The molecule has 1 aliphatic carbocycles. The summed E-state index contributed by atoms with van der Waals surface area (Å²) in [6.45, 7) is 0.443. The predicted octanol–water partition coefficient (Wildman–Crippen LogP) is 4.22. The number of sulfone groups is 1. The van der Waals surface area contributed by atoms with Crippen LogP contribution >= 0.6 is 0 Å². The minimum atomic E-state index is -3.21. The van der Waals surface area contributed by atoms with Gasteiger partial charge in [-0.2, -0.15) is 0 Å². The molecule has 26 heavy (non-hydrogen) atoms. The lowest BCUT2D eigenvalue weighted by atomic mass is 9.87. The molecule has 1 fully saturated rings. The van der Waals surface area contributed by atoms with Crippen LogP contribution in [0.5, 0.6) is 5.75 Å². The van der Waals surface area contributed by atoms with Crippen LogP contribution in [0.25, 0.3) is 5.57 Å². The Bertz CT molecular complexity index is 922. The van der Waals surface area contributed by atoms with E-state index < -0.39 is 9.84 Å². The third-order valence-electron chi connectivity index (χ3n) is 5.18. The van der Waals surface area contributed by atoms with Gasteiger partial charge in [0.15, 0.2) is 9.84 Å². The number of benzene rings is 2. The number of rotatable bonds is 4. The van der Waals surface area contributed by atoms with E-state index in [-0.39, 0.29) is 5.60 Å². The molecule has 0 radical (unpaired) electrons. The summed E-state index contributed by atoms with van der Waals surface area (Å²) in [7, 11) is -3.21. The number of hydrogen-bond acceptors (Lipinski definition) is 4. The Morgan fingerprint density at radius 2 is 1.62 bits per heavy atom. The van der Waals surface area contributed by atoms with Crippen molar-refractivity contribution >= 4 is 15.4 Å².